The Kier molecular flexibility index (Phi) is 2.95. The van der Waals surface area contributed by atoms with E-state index in [9.17, 15) is 4.79 Å². The van der Waals surface area contributed by atoms with Crippen molar-refractivity contribution in [2.24, 2.45) is 5.73 Å². The Morgan fingerprint density at radius 1 is 1.56 bits per heavy atom. The summed E-state index contributed by atoms with van der Waals surface area (Å²) in [4.78, 5) is 13.2. The number of benzene rings is 1. The van der Waals surface area contributed by atoms with Gasteiger partial charge < -0.3 is 10.6 Å². The summed E-state index contributed by atoms with van der Waals surface area (Å²) in [5, 5.41) is 9.02. The Morgan fingerprint density at radius 3 is 2.88 bits per heavy atom. The minimum absolute atomic E-state index is 0.0219. The minimum Gasteiger partial charge on any atom is -0.326 e. The molecule has 1 saturated heterocycles. The number of hydrogen-bond donors (Lipinski definition) is 1. The number of nitrogens with two attached hydrogens (primary N) is 1. The summed E-state index contributed by atoms with van der Waals surface area (Å²) >= 11 is 3.29. The number of amides is 1. The average Bonchev–Trinajstić information content (AvgIpc) is 2.57. The Balaban J connectivity index is 2.41. The molecule has 2 N–H and O–H groups in total. The third-order valence-electron chi connectivity index (χ3n) is 2.52. The van der Waals surface area contributed by atoms with Gasteiger partial charge in [0.1, 0.15) is 6.07 Å². The van der Waals surface area contributed by atoms with Crippen LogP contribution in [-0.4, -0.2) is 18.5 Å². The molecule has 2 rings (SSSR count). The van der Waals surface area contributed by atoms with E-state index in [1.807, 2.05) is 6.07 Å². The van der Waals surface area contributed by atoms with Crippen LogP contribution in [0, 0.1) is 11.3 Å². The molecule has 5 heteroatoms. The van der Waals surface area contributed by atoms with Gasteiger partial charge in [-0.05, 0) is 18.2 Å². The first-order valence-electron chi connectivity index (χ1n) is 4.87. The van der Waals surface area contributed by atoms with Gasteiger partial charge >= 0.3 is 0 Å². The van der Waals surface area contributed by atoms with Gasteiger partial charge in [0.25, 0.3) is 0 Å². The number of nitrogens with zero attached hydrogens (tertiary/aromatic N) is 2. The summed E-state index contributed by atoms with van der Waals surface area (Å²) in [5.41, 5.74) is 6.85. The van der Waals surface area contributed by atoms with E-state index in [-0.39, 0.29) is 11.9 Å². The predicted molar refractivity (Wildman–Crippen MR) is 63.8 cm³/mol. The van der Waals surface area contributed by atoms with E-state index < -0.39 is 0 Å². The van der Waals surface area contributed by atoms with E-state index in [1.54, 1.807) is 17.0 Å². The average molecular weight is 280 g/mol. The van der Waals surface area contributed by atoms with Gasteiger partial charge in [0, 0.05) is 23.5 Å². The molecule has 1 fully saturated rings. The van der Waals surface area contributed by atoms with Gasteiger partial charge in [0.05, 0.1) is 11.3 Å². The molecule has 1 atom stereocenters. The molecule has 0 radical (unpaired) electrons. The number of nitriles is 1. The van der Waals surface area contributed by atoms with Crippen LogP contribution in [0.4, 0.5) is 5.69 Å². The fraction of sp³-hybridized carbons (Fsp3) is 0.273. The molecule has 16 heavy (non-hydrogen) atoms. The number of halogens is 1. The lowest BCUT2D eigenvalue weighted by Crippen LogP contribution is -2.28. The molecule has 0 spiro atoms. The molecule has 0 aliphatic carbocycles. The molecule has 1 unspecified atom stereocenters. The van der Waals surface area contributed by atoms with E-state index in [4.69, 9.17) is 11.0 Å². The zero-order chi connectivity index (χ0) is 11.7. The molecule has 1 aromatic carbocycles. The number of carbonyl (C=O) groups excluding carboxylic acids is 1. The fourth-order valence-corrected chi connectivity index (χ4v) is 2.16. The van der Waals surface area contributed by atoms with Crippen LogP contribution in [0.5, 0.6) is 0 Å². The van der Waals surface area contributed by atoms with E-state index in [2.05, 4.69) is 22.0 Å². The van der Waals surface area contributed by atoms with Crippen LogP contribution in [-0.2, 0) is 4.79 Å². The second-order valence-electron chi connectivity index (χ2n) is 3.74. The van der Waals surface area contributed by atoms with Gasteiger partial charge in [-0.2, -0.15) is 5.26 Å². The van der Waals surface area contributed by atoms with Gasteiger partial charge in [-0.1, -0.05) is 15.9 Å². The Labute approximate surface area is 102 Å². The van der Waals surface area contributed by atoms with Gasteiger partial charge in [0.2, 0.25) is 5.91 Å². The first-order chi connectivity index (χ1) is 7.61. The van der Waals surface area contributed by atoms with Crippen LogP contribution < -0.4 is 10.6 Å². The lowest BCUT2D eigenvalue weighted by atomic mass is 10.2. The summed E-state index contributed by atoms with van der Waals surface area (Å²) in [7, 11) is 0. The lowest BCUT2D eigenvalue weighted by Gasteiger charge is -2.17. The van der Waals surface area contributed by atoms with Gasteiger partial charge in [-0.25, -0.2) is 0 Å². The summed E-state index contributed by atoms with van der Waals surface area (Å²) in [6.07, 6.45) is 0.348. The highest BCUT2D eigenvalue weighted by atomic mass is 79.9. The smallest absolute Gasteiger partial charge is 0.228 e. The first-order valence-corrected chi connectivity index (χ1v) is 5.66. The lowest BCUT2D eigenvalue weighted by molar-refractivity contribution is -0.117. The second kappa shape index (κ2) is 4.24. The van der Waals surface area contributed by atoms with E-state index in [0.29, 0.717) is 24.2 Å². The van der Waals surface area contributed by atoms with Crippen molar-refractivity contribution in [3.63, 3.8) is 0 Å². The molecule has 1 amide bonds. The first kappa shape index (κ1) is 11.1. The number of carbonyl (C=O) groups is 1. The van der Waals surface area contributed by atoms with Crippen molar-refractivity contribution in [2.45, 2.75) is 12.5 Å². The minimum atomic E-state index is -0.136. The number of hydrogen-bond acceptors (Lipinski definition) is 3. The third-order valence-corrected chi connectivity index (χ3v) is 3.02. The quantitative estimate of drug-likeness (QED) is 0.845. The molecular formula is C11H10BrN3O. The molecular weight excluding hydrogens is 270 g/mol. The highest BCUT2D eigenvalue weighted by molar-refractivity contribution is 9.10. The van der Waals surface area contributed by atoms with Crippen molar-refractivity contribution in [3.8, 4) is 6.07 Å². The maximum absolute atomic E-state index is 11.7. The third kappa shape index (κ3) is 1.94. The van der Waals surface area contributed by atoms with Crippen LogP contribution in [0.25, 0.3) is 0 Å². The van der Waals surface area contributed by atoms with Gasteiger partial charge in [-0.3, -0.25) is 4.79 Å². The number of rotatable bonds is 1. The van der Waals surface area contributed by atoms with E-state index in [1.165, 1.54) is 0 Å². The van der Waals surface area contributed by atoms with Crippen molar-refractivity contribution in [2.75, 3.05) is 11.4 Å². The van der Waals surface area contributed by atoms with Crippen molar-refractivity contribution >= 4 is 27.5 Å². The molecule has 1 heterocycles. The maximum atomic E-state index is 11.7. The molecule has 4 nitrogen and oxygen atoms in total. The maximum Gasteiger partial charge on any atom is 0.228 e. The van der Waals surface area contributed by atoms with E-state index >= 15 is 0 Å². The summed E-state index contributed by atoms with van der Waals surface area (Å²) in [6, 6.07) is 7.22. The molecule has 1 aliphatic rings. The standard InChI is InChI=1S/C11H10BrN3O/c12-8-1-2-10(7(3-8)5-13)15-6-9(14)4-11(15)16/h1-3,9H,4,6,14H2. The highest BCUT2D eigenvalue weighted by Gasteiger charge is 2.29. The fourth-order valence-electron chi connectivity index (χ4n) is 1.80. The predicted octanol–water partition coefficient (Wildman–Crippen LogP) is 1.38. The second-order valence-corrected chi connectivity index (χ2v) is 4.66. The van der Waals surface area contributed by atoms with Crippen LogP contribution in [0.1, 0.15) is 12.0 Å². The highest BCUT2D eigenvalue weighted by Crippen LogP contribution is 2.27. The Bertz CT molecular complexity index is 481. The molecule has 82 valence electrons. The molecule has 0 aromatic heterocycles. The van der Waals surface area contributed by atoms with Crippen LogP contribution >= 0.6 is 15.9 Å². The summed E-state index contributed by atoms with van der Waals surface area (Å²) in [5.74, 6) is -0.0219. The zero-order valence-electron chi connectivity index (χ0n) is 8.48. The Morgan fingerprint density at radius 2 is 2.31 bits per heavy atom. The van der Waals surface area contributed by atoms with Gasteiger partial charge in [0.15, 0.2) is 0 Å². The Hall–Kier alpha value is -1.38. The molecule has 0 bridgehead atoms. The molecule has 0 saturated carbocycles. The van der Waals surface area contributed by atoms with Crippen molar-refractivity contribution in [1.82, 2.24) is 0 Å². The molecule has 1 aliphatic heterocycles. The van der Waals surface area contributed by atoms with Crippen molar-refractivity contribution in [3.05, 3.63) is 28.2 Å². The van der Waals surface area contributed by atoms with Crippen LogP contribution in [0.2, 0.25) is 0 Å². The van der Waals surface area contributed by atoms with Crippen molar-refractivity contribution in [1.29, 1.82) is 5.26 Å². The van der Waals surface area contributed by atoms with Crippen LogP contribution in [0.3, 0.4) is 0 Å². The van der Waals surface area contributed by atoms with Crippen LogP contribution in [0.15, 0.2) is 22.7 Å². The largest absolute Gasteiger partial charge is 0.326 e. The summed E-state index contributed by atoms with van der Waals surface area (Å²) < 4.78 is 0.823. The van der Waals surface area contributed by atoms with E-state index in [0.717, 1.165) is 4.47 Å². The zero-order valence-corrected chi connectivity index (χ0v) is 10.1. The normalized spacial score (nSPS) is 19.9. The molecule has 1 aromatic rings. The summed E-state index contributed by atoms with van der Waals surface area (Å²) in [6.45, 7) is 0.481. The SMILES string of the molecule is N#Cc1cc(Br)ccc1N1CC(N)CC1=O. The number of anilines is 1. The topological polar surface area (TPSA) is 70.1 Å². The van der Waals surface area contributed by atoms with Crippen molar-refractivity contribution < 1.29 is 4.79 Å². The van der Waals surface area contributed by atoms with Gasteiger partial charge in [-0.15, -0.1) is 0 Å². The monoisotopic (exact) mass is 279 g/mol.